The maximum atomic E-state index is 12.2. The molecule has 2 N–H and O–H groups in total. The summed E-state index contributed by atoms with van der Waals surface area (Å²) in [6.07, 6.45) is 0.962. The zero-order valence-corrected chi connectivity index (χ0v) is 17.2. The van der Waals surface area contributed by atoms with E-state index in [1.54, 1.807) is 12.1 Å². The average molecular weight is 413 g/mol. The van der Waals surface area contributed by atoms with Crippen molar-refractivity contribution in [1.29, 1.82) is 0 Å². The van der Waals surface area contributed by atoms with Crippen LogP contribution >= 0.6 is 23.1 Å². The number of anilines is 2. The number of rotatable bonds is 7. The first-order valence-electron chi connectivity index (χ1n) is 8.76. The monoisotopic (exact) mass is 412 g/mol. The third kappa shape index (κ3) is 5.64. The Labute approximate surface area is 171 Å². The minimum Gasteiger partial charge on any atom is -0.325 e. The van der Waals surface area contributed by atoms with Crippen molar-refractivity contribution in [1.82, 2.24) is 10.2 Å². The van der Waals surface area contributed by atoms with Crippen LogP contribution in [0.3, 0.4) is 0 Å². The largest absolute Gasteiger partial charge is 0.325 e. The Morgan fingerprint density at radius 3 is 2.39 bits per heavy atom. The van der Waals surface area contributed by atoms with E-state index in [0.29, 0.717) is 15.0 Å². The van der Waals surface area contributed by atoms with Crippen molar-refractivity contribution in [3.63, 3.8) is 0 Å². The summed E-state index contributed by atoms with van der Waals surface area (Å²) in [6, 6.07) is 15.1. The van der Waals surface area contributed by atoms with Gasteiger partial charge in [-0.25, -0.2) is 0 Å². The molecule has 0 atom stereocenters. The molecule has 0 fully saturated rings. The molecule has 1 aromatic heterocycles. The fraction of sp³-hybridized carbons (Fsp3) is 0.200. The van der Waals surface area contributed by atoms with Gasteiger partial charge in [0.2, 0.25) is 11.0 Å². The summed E-state index contributed by atoms with van der Waals surface area (Å²) in [6.45, 7) is 4.05. The van der Waals surface area contributed by atoms with E-state index >= 15 is 0 Å². The van der Waals surface area contributed by atoms with Crippen LogP contribution in [0.2, 0.25) is 0 Å². The molecular weight excluding hydrogens is 392 g/mol. The van der Waals surface area contributed by atoms with Crippen LogP contribution in [0.4, 0.5) is 10.8 Å². The van der Waals surface area contributed by atoms with Gasteiger partial charge in [0.05, 0.1) is 5.75 Å². The molecule has 0 saturated heterocycles. The third-order valence-corrected chi connectivity index (χ3v) is 5.89. The van der Waals surface area contributed by atoms with Gasteiger partial charge in [-0.3, -0.25) is 14.9 Å². The summed E-state index contributed by atoms with van der Waals surface area (Å²) in [5, 5.41) is 14.0. The van der Waals surface area contributed by atoms with Crippen LogP contribution < -0.4 is 10.6 Å². The molecule has 0 bridgehead atoms. The molecule has 2 aromatic carbocycles. The molecule has 28 heavy (non-hydrogen) atoms. The van der Waals surface area contributed by atoms with Crippen molar-refractivity contribution in [3.8, 4) is 0 Å². The van der Waals surface area contributed by atoms with Gasteiger partial charge in [0, 0.05) is 11.3 Å². The highest BCUT2D eigenvalue weighted by atomic mass is 32.2. The fourth-order valence-electron chi connectivity index (χ4n) is 2.34. The Hall–Kier alpha value is -2.71. The molecule has 0 aliphatic rings. The highest BCUT2D eigenvalue weighted by Gasteiger charge is 2.12. The van der Waals surface area contributed by atoms with Crippen molar-refractivity contribution < 1.29 is 9.59 Å². The number of thioether (sulfide) groups is 1. The Kier molecular flexibility index (Phi) is 6.78. The number of benzene rings is 2. The molecule has 1 heterocycles. The van der Waals surface area contributed by atoms with E-state index in [4.69, 9.17) is 0 Å². The van der Waals surface area contributed by atoms with Crippen LogP contribution in [0.1, 0.15) is 28.4 Å². The zero-order valence-electron chi connectivity index (χ0n) is 15.6. The molecule has 0 aliphatic heterocycles. The topological polar surface area (TPSA) is 84.0 Å². The van der Waals surface area contributed by atoms with Crippen LogP contribution in [0.15, 0.2) is 52.9 Å². The van der Waals surface area contributed by atoms with Crippen molar-refractivity contribution in [2.75, 3.05) is 16.4 Å². The number of nitrogens with one attached hydrogen (secondary N) is 2. The molecule has 3 aromatic rings. The normalized spacial score (nSPS) is 10.5. The maximum absolute atomic E-state index is 12.2. The molecule has 6 nitrogen and oxygen atoms in total. The Bertz CT molecular complexity index is 953. The molecule has 2 amide bonds. The van der Waals surface area contributed by atoms with Crippen molar-refractivity contribution in [2.24, 2.45) is 0 Å². The lowest BCUT2D eigenvalue weighted by Crippen LogP contribution is -2.13. The first kappa shape index (κ1) is 20.0. The van der Waals surface area contributed by atoms with Crippen molar-refractivity contribution in [3.05, 3.63) is 65.2 Å². The van der Waals surface area contributed by atoms with Gasteiger partial charge in [0.15, 0.2) is 4.34 Å². The van der Waals surface area contributed by atoms with Crippen LogP contribution in [0.5, 0.6) is 0 Å². The number of aryl methyl sites for hydroxylation is 2. The summed E-state index contributed by atoms with van der Waals surface area (Å²) in [4.78, 5) is 24.3. The van der Waals surface area contributed by atoms with Crippen LogP contribution in [-0.2, 0) is 11.2 Å². The third-order valence-electron chi connectivity index (χ3n) is 3.91. The van der Waals surface area contributed by atoms with Gasteiger partial charge in [-0.1, -0.05) is 59.9 Å². The van der Waals surface area contributed by atoms with Gasteiger partial charge in [-0.2, -0.15) is 0 Å². The minimum absolute atomic E-state index is 0.116. The molecule has 0 saturated carbocycles. The number of aromatic nitrogens is 2. The van der Waals surface area contributed by atoms with Gasteiger partial charge in [0.25, 0.3) is 5.91 Å². The average Bonchev–Trinajstić information content (AvgIpc) is 3.15. The maximum Gasteiger partial charge on any atom is 0.257 e. The molecule has 0 radical (unpaired) electrons. The van der Waals surface area contributed by atoms with E-state index in [9.17, 15) is 9.59 Å². The number of amides is 2. The zero-order chi connectivity index (χ0) is 19.9. The van der Waals surface area contributed by atoms with Gasteiger partial charge in [-0.15, -0.1) is 10.2 Å². The molecule has 0 aliphatic carbocycles. The lowest BCUT2D eigenvalue weighted by molar-refractivity contribution is -0.113. The van der Waals surface area contributed by atoms with Crippen LogP contribution in [0, 0.1) is 6.92 Å². The summed E-state index contributed by atoms with van der Waals surface area (Å²) < 4.78 is 0.621. The summed E-state index contributed by atoms with van der Waals surface area (Å²) >= 11 is 2.52. The van der Waals surface area contributed by atoms with E-state index in [1.807, 2.05) is 43.3 Å². The first-order chi connectivity index (χ1) is 13.5. The van der Waals surface area contributed by atoms with E-state index in [-0.39, 0.29) is 17.6 Å². The predicted octanol–water partition coefficient (Wildman–Crippen LogP) is 4.39. The summed E-state index contributed by atoms with van der Waals surface area (Å²) in [7, 11) is 0. The van der Waals surface area contributed by atoms with Crippen LogP contribution in [-0.4, -0.2) is 27.8 Å². The van der Waals surface area contributed by atoms with E-state index in [0.717, 1.165) is 17.7 Å². The first-order valence-corrected chi connectivity index (χ1v) is 10.6. The lowest BCUT2D eigenvalue weighted by atomic mass is 10.1. The second-order valence-electron chi connectivity index (χ2n) is 6.08. The minimum atomic E-state index is -0.235. The molecule has 0 unspecified atom stereocenters. The number of hydrogen-bond donors (Lipinski definition) is 2. The second kappa shape index (κ2) is 9.48. The summed E-state index contributed by atoms with van der Waals surface area (Å²) in [5.41, 5.74) is 3.64. The number of hydrogen-bond acceptors (Lipinski definition) is 6. The smallest absolute Gasteiger partial charge is 0.257 e. The van der Waals surface area contributed by atoms with Crippen LogP contribution in [0.25, 0.3) is 0 Å². The fourth-order valence-corrected chi connectivity index (χ4v) is 3.89. The Balaban J connectivity index is 1.49. The predicted molar refractivity (Wildman–Crippen MR) is 114 cm³/mol. The van der Waals surface area contributed by atoms with Gasteiger partial charge < -0.3 is 5.32 Å². The molecule has 8 heteroatoms. The van der Waals surface area contributed by atoms with Gasteiger partial charge in [0.1, 0.15) is 0 Å². The van der Waals surface area contributed by atoms with Crippen molar-refractivity contribution >= 4 is 45.7 Å². The lowest BCUT2D eigenvalue weighted by Gasteiger charge is -2.05. The standard InChI is InChI=1S/C20H20N4O2S2/c1-3-14-6-10-16(11-7-14)21-17(25)12-27-20-24-23-19(28-20)22-18(26)15-8-4-13(2)5-9-15/h4-11H,3,12H2,1-2H3,(H,21,25)(H,22,23,26). The van der Waals surface area contributed by atoms with E-state index < -0.39 is 0 Å². The Morgan fingerprint density at radius 2 is 1.71 bits per heavy atom. The van der Waals surface area contributed by atoms with Gasteiger partial charge in [-0.05, 0) is 43.2 Å². The number of carbonyl (C=O) groups excluding carboxylic acids is 2. The highest BCUT2D eigenvalue weighted by molar-refractivity contribution is 8.01. The number of carbonyl (C=O) groups is 2. The van der Waals surface area contributed by atoms with Crippen molar-refractivity contribution in [2.45, 2.75) is 24.6 Å². The molecular formula is C20H20N4O2S2. The van der Waals surface area contributed by atoms with Gasteiger partial charge >= 0.3 is 0 Å². The van der Waals surface area contributed by atoms with E-state index in [1.165, 1.54) is 28.7 Å². The molecule has 144 valence electrons. The molecule has 0 spiro atoms. The molecule has 3 rings (SSSR count). The quantitative estimate of drug-likeness (QED) is 0.444. The number of nitrogens with zero attached hydrogens (tertiary/aromatic N) is 2. The SMILES string of the molecule is CCc1ccc(NC(=O)CSc2nnc(NC(=O)c3ccc(C)cc3)s2)cc1. The Morgan fingerprint density at radius 1 is 1.00 bits per heavy atom. The highest BCUT2D eigenvalue weighted by Crippen LogP contribution is 2.26. The second-order valence-corrected chi connectivity index (χ2v) is 8.28. The van der Waals surface area contributed by atoms with E-state index in [2.05, 4.69) is 27.8 Å². The summed E-state index contributed by atoms with van der Waals surface area (Å²) in [5.74, 6) is -0.133.